The molecule has 1 heterocycles. The van der Waals surface area contributed by atoms with Crippen molar-refractivity contribution in [1.29, 1.82) is 0 Å². The number of hydrogen-bond donors (Lipinski definition) is 1. The Hall–Kier alpha value is -4.91. The van der Waals surface area contributed by atoms with E-state index in [0.717, 1.165) is 11.1 Å². The molecule has 0 saturated carbocycles. The number of carbonyl (C=O) groups excluding carboxylic acids is 3. The molecule has 2 amide bonds. The monoisotopic (exact) mass is 534 g/mol. The van der Waals surface area contributed by atoms with Gasteiger partial charge in [0.25, 0.3) is 0 Å². The molecule has 2 atom stereocenters. The van der Waals surface area contributed by atoms with Crippen LogP contribution in [0.2, 0.25) is 0 Å². The van der Waals surface area contributed by atoms with Crippen LogP contribution in [0.1, 0.15) is 29.7 Å². The predicted molar refractivity (Wildman–Crippen MR) is 151 cm³/mol. The Balaban J connectivity index is 0.000000467. The molecular formula is C33H30N2O5. The molecule has 1 fully saturated rings. The Kier molecular flexibility index (Phi) is 8.21. The largest absolute Gasteiger partial charge is 0.489 e. The fourth-order valence-electron chi connectivity index (χ4n) is 4.45. The van der Waals surface area contributed by atoms with Gasteiger partial charge in [-0.2, -0.15) is 0 Å². The molecule has 3 aromatic rings. The molecule has 3 aromatic carbocycles. The number of amides is 2. The summed E-state index contributed by atoms with van der Waals surface area (Å²) in [4.78, 5) is 38.6. The van der Waals surface area contributed by atoms with Crippen molar-refractivity contribution >= 4 is 17.8 Å². The van der Waals surface area contributed by atoms with E-state index >= 15 is 0 Å². The Morgan fingerprint density at radius 2 is 1.43 bits per heavy atom. The van der Waals surface area contributed by atoms with Gasteiger partial charge in [0.15, 0.2) is 6.04 Å². The second-order valence-electron chi connectivity index (χ2n) is 9.66. The molecule has 0 aromatic heterocycles. The molecule has 1 N–H and O–H groups in total. The second kappa shape index (κ2) is 12.3. The van der Waals surface area contributed by atoms with E-state index in [1.807, 2.05) is 60.7 Å². The SMILES string of the molecule is CC(=O)NC1CN(C(C(=O)OCc2ccccc2)c2ccc(OCc3ccccc3)cc2)C1=O.c1cc2cc-2c1. The van der Waals surface area contributed by atoms with Crippen LogP contribution in [0.5, 0.6) is 5.75 Å². The average Bonchev–Trinajstić information content (AvgIpc) is 3.59. The molecule has 202 valence electrons. The van der Waals surface area contributed by atoms with Gasteiger partial charge in [0.1, 0.15) is 25.0 Å². The highest BCUT2D eigenvalue weighted by Crippen LogP contribution is 2.33. The van der Waals surface area contributed by atoms with E-state index in [1.165, 1.54) is 23.0 Å². The van der Waals surface area contributed by atoms with Gasteiger partial charge < -0.3 is 19.7 Å². The van der Waals surface area contributed by atoms with Crippen LogP contribution in [-0.4, -0.2) is 35.3 Å². The van der Waals surface area contributed by atoms with Gasteiger partial charge in [0.2, 0.25) is 11.8 Å². The van der Waals surface area contributed by atoms with Crippen LogP contribution in [0.25, 0.3) is 11.1 Å². The highest BCUT2D eigenvalue weighted by atomic mass is 16.5. The van der Waals surface area contributed by atoms with E-state index in [4.69, 9.17) is 9.47 Å². The highest BCUT2D eigenvalue weighted by Gasteiger charge is 2.45. The Labute approximate surface area is 233 Å². The summed E-state index contributed by atoms with van der Waals surface area (Å²) < 4.78 is 11.4. The molecule has 2 aliphatic carbocycles. The van der Waals surface area contributed by atoms with E-state index in [-0.39, 0.29) is 25.0 Å². The van der Waals surface area contributed by atoms with E-state index in [2.05, 4.69) is 29.6 Å². The number of carbonyl (C=O) groups is 3. The number of likely N-dealkylation sites (tertiary alicyclic amines) is 1. The van der Waals surface area contributed by atoms with Crippen LogP contribution in [0.15, 0.2) is 109 Å². The van der Waals surface area contributed by atoms with Gasteiger partial charge in [-0.05, 0) is 46.0 Å². The first-order valence-corrected chi connectivity index (χ1v) is 13.1. The summed E-state index contributed by atoms with van der Waals surface area (Å²) >= 11 is 0. The lowest BCUT2D eigenvalue weighted by molar-refractivity contribution is -0.164. The lowest BCUT2D eigenvalue weighted by Gasteiger charge is -2.42. The molecule has 3 aliphatic rings. The lowest BCUT2D eigenvalue weighted by Crippen LogP contribution is -2.65. The molecule has 2 unspecified atom stereocenters. The first-order chi connectivity index (χ1) is 19.5. The number of nitrogens with one attached hydrogen (secondary N) is 1. The van der Waals surface area contributed by atoms with Gasteiger partial charge in [0.05, 0.1) is 6.54 Å². The van der Waals surface area contributed by atoms with Crippen molar-refractivity contribution < 1.29 is 23.9 Å². The fourth-order valence-corrected chi connectivity index (χ4v) is 4.45. The molecule has 7 heteroatoms. The van der Waals surface area contributed by atoms with Gasteiger partial charge in [-0.25, -0.2) is 4.79 Å². The maximum Gasteiger partial charge on any atom is 0.333 e. The molecule has 1 aliphatic heterocycles. The average molecular weight is 535 g/mol. The van der Waals surface area contributed by atoms with Crippen LogP contribution in [-0.2, 0) is 32.3 Å². The Morgan fingerprint density at radius 3 is 1.93 bits per heavy atom. The quantitative estimate of drug-likeness (QED) is 0.211. The fraction of sp³-hybridized carbons (Fsp3) is 0.182. The van der Waals surface area contributed by atoms with E-state index in [9.17, 15) is 14.4 Å². The van der Waals surface area contributed by atoms with Crippen molar-refractivity contribution in [1.82, 2.24) is 10.2 Å². The van der Waals surface area contributed by atoms with Crippen molar-refractivity contribution in [3.05, 3.63) is 126 Å². The zero-order valence-electron chi connectivity index (χ0n) is 22.2. The minimum atomic E-state index is -0.913. The maximum atomic E-state index is 13.1. The molecule has 7 nitrogen and oxygen atoms in total. The highest BCUT2D eigenvalue weighted by molar-refractivity contribution is 5.95. The first kappa shape index (κ1) is 26.7. The number of esters is 1. The second-order valence-corrected chi connectivity index (χ2v) is 9.66. The van der Waals surface area contributed by atoms with Gasteiger partial charge in [-0.3, -0.25) is 9.59 Å². The smallest absolute Gasteiger partial charge is 0.333 e. The number of fused-ring (bicyclic) bond motifs is 1. The number of nitrogens with zero attached hydrogens (tertiary/aromatic N) is 1. The minimum absolute atomic E-state index is 0.103. The summed E-state index contributed by atoms with van der Waals surface area (Å²) in [6.07, 6.45) is 0. The third kappa shape index (κ3) is 6.74. The molecule has 0 bridgehead atoms. The van der Waals surface area contributed by atoms with Crippen LogP contribution in [0, 0.1) is 0 Å². The van der Waals surface area contributed by atoms with Crippen molar-refractivity contribution in [2.24, 2.45) is 0 Å². The Morgan fingerprint density at radius 1 is 0.825 bits per heavy atom. The van der Waals surface area contributed by atoms with Gasteiger partial charge in [-0.15, -0.1) is 0 Å². The standard InChI is InChI=1S/C27H26N2O5.C6H4/c1-19(30)28-24-16-29(26(24)31)25(27(32)34-18-21-10-6-3-7-11-21)22-12-14-23(15-13-22)33-17-20-8-4-2-5-9-20;1-2-5-4-6(5)3-1/h2-15,24-25H,16-18H2,1H3,(H,28,30);1-4H. The molecule has 40 heavy (non-hydrogen) atoms. The van der Waals surface area contributed by atoms with Crippen LogP contribution < -0.4 is 10.1 Å². The van der Waals surface area contributed by atoms with E-state index in [0.29, 0.717) is 17.9 Å². The predicted octanol–water partition coefficient (Wildman–Crippen LogP) is 5.06. The third-order valence-electron chi connectivity index (χ3n) is 6.65. The summed E-state index contributed by atoms with van der Waals surface area (Å²) in [5, 5.41) is 2.60. The number of rotatable bonds is 9. The number of hydrogen-bond acceptors (Lipinski definition) is 5. The zero-order chi connectivity index (χ0) is 27.9. The molecule has 0 spiro atoms. The minimum Gasteiger partial charge on any atom is -0.489 e. The third-order valence-corrected chi connectivity index (χ3v) is 6.65. The number of benzene rings is 4. The molecule has 0 radical (unpaired) electrons. The summed E-state index contributed by atoms with van der Waals surface area (Å²) in [5.74, 6) is -0.492. The van der Waals surface area contributed by atoms with Crippen molar-refractivity contribution in [3.8, 4) is 16.9 Å². The number of ether oxygens (including phenoxy) is 2. The topological polar surface area (TPSA) is 84.9 Å². The van der Waals surface area contributed by atoms with E-state index < -0.39 is 18.1 Å². The summed E-state index contributed by atoms with van der Waals surface area (Å²) in [7, 11) is 0. The van der Waals surface area contributed by atoms with Crippen molar-refractivity contribution in [2.75, 3.05) is 6.54 Å². The summed E-state index contributed by atoms with van der Waals surface area (Å²) in [6.45, 7) is 2.11. The van der Waals surface area contributed by atoms with Crippen LogP contribution in [0.4, 0.5) is 0 Å². The maximum absolute atomic E-state index is 13.1. The van der Waals surface area contributed by atoms with Gasteiger partial charge in [-0.1, -0.05) is 91.0 Å². The van der Waals surface area contributed by atoms with E-state index in [1.54, 1.807) is 24.3 Å². The van der Waals surface area contributed by atoms with Gasteiger partial charge >= 0.3 is 5.97 Å². The van der Waals surface area contributed by atoms with Crippen molar-refractivity contribution in [2.45, 2.75) is 32.2 Å². The zero-order valence-corrected chi connectivity index (χ0v) is 22.2. The van der Waals surface area contributed by atoms with Crippen LogP contribution >= 0.6 is 0 Å². The summed E-state index contributed by atoms with van der Waals surface area (Å²) in [6, 6.07) is 33.1. The molecule has 6 rings (SSSR count). The normalized spacial score (nSPS) is 15.1. The van der Waals surface area contributed by atoms with Gasteiger partial charge in [0, 0.05) is 6.92 Å². The molecular weight excluding hydrogens is 504 g/mol. The summed E-state index contributed by atoms with van der Waals surface area (Å²) in [5.41, 5.74) is 5.36. The Bertz CT molecular complexity index is 1450. The number of β-lactam (4-membered cyclic amide) rings is 1. The van der Waals surface area contributed by atoms with Crippen LogP contribution in [0.3, 0.4) is 0 Å². The molecule has 1 saturated heterocycles. The van der Waals surface area contributed by atoms with Crippen molar-refractivity contribution in [3.63, 3.8) is 0 Å². The first-order valence-electron chi connectivity index (χ1n) is 13.1. The lowest BCUT2D eigenvalue weighted by atomic mass is 9.98.